The van der Waals surface area contributed by atoms with E-state index >= 15 is 0 Å². The monoisotopic (exact) mass is 1100 g/mol. The maximum absolute atomic E-state index is 12.8. The van der Waals surface area contributed by atoms with Gasteiger partial charge in [-0.2, -0.15) is 0 Å². The number of esters is 2. The highest BCUT2D eigenvalue weighted by Crippen LogP contribution is 2.38. The minimum Gasteiger partial charge on any atom is -0.756 e. The Morgan fingerprint density at radius 1 is 0.410 bits per heavy atom. The third-order valence-electron chi connectivity index (χ3n) is 12.3. The molecule has 0 aliphatic heterocycles. The molecule has 78 heavy (non-hydrogen) atoms. The zero-order valence-corrected chi connectivity index (χ0v) is 50.9. The van der Waals surface area contributed by atoms with Crippen LogP contribution in [0.1, 0.15) is 219 Å². The van der Waals surface area contributed by atoms with Crippen molar-refractivity contribution in [2.75, 3.05) is 47.5 Å². The molecule has 0 spiro atoms. The molecule has 2 unspecified atom stereocenters. The summed E-state index contributed by atoms with van der Waals surface area (Å²) in [6.45, 7) is 4.03. The van der Waals surface area contributed by atoms with Gasteiger partial charge in [0.1, 0.15) is 19.8 Å². The van der Waals surface area contributed by atoms with Crippen LogP contribution in [-0.4, -0.2) is 70.0 Å². The van der Waals surface area contributed by atoms with Crippen molar-refractivity contribution in [1.29, 1.82) is 0 Å². The van der Waals surface area contributed by atoms with Crippen LogP contribution in [0.2, 0.25) is 0 Å². The maximum Gasteiger partial charge on any atom is 0.306 e. The van der Waals surface area contributed by atoms with Gasteiger partial charge in [0.25, 0.3) is 7.82 Å². The highest BCUT2D eigenvalue weighted by Gasteiger charge is 2.21. The number of hydrogen-bond donors (Lipinski definition) is 0. The van der Waals surface area contributed by atoms with Crippen LogP contribution in [-0.2, 0) is 32.7 Å². The molecule has 10 heteroatoms. The molecule has 0 heterocycles. The Labute approximate surface area is 478 Å². The van der Waals surface area contributed by atoms with Crippen LogP contribution in [0.15, 0.2) is 146 Å². The van der Waals surface area contributed by atoms with E-state index in [1.54, 1.807) is 0 Å². The summed E-state index contributed by atoms with van der Waals surface area (Å²) in [5, 5.41) is 0. The topological polar surface area (TPSA) is 111 Å². The molecule has 0 saturated heterocycles. The van der Waals surface area contributed by atoms with E-state index in [-0.39, 0.29) is 26.1 Å². The van der Waals surface area contributed by atoms with Gasteiger partial charge >= 0.3 is 11.9 Å². The first-order valence-corrected chi connectivity index (χ1v) is 32.0. The lowest BCUT2D eigenvalue weighted by Crippen LogP contribution is -2.37. The molecular weight excluding hydrogens is 990 g/mol. The first-order valence-electron chi connectivity index (χ1n) is 30.5. The second-order valence-electron chi connectivity index (χ2n) is 21.0. The van der Waals surface area contributed by atoms with E-state index in [0.717, 1.165) is 96.3 Å². The largest absolute Gasteiger partial charge is 0.756 e. The van der Waals surface area contributed by atoms with Gasteiger partial charge in [0.05, 0.1) is 27.7 Å². The van der Waals surface area contributed by atoms with Crippen molar-refractivity contribution >= 4 is 19.8 Å². The summed E-state index contributed by atoms with van der Waals surface area (Å²) in [6, 6.07) is 0. The summed E-state index contributed by atoms with van der Waals surface area (Å²) in [5.41, 5.74) is 0. The van der Waals surface area contributed by atoms with E-state index in [1.165, 1.54) is 77.0 Å². The summed E-state index contributed by atoms with van der Waals surface area (Å²) in [5.74, 6) is -0.918. The number of ether oxygens (including phenoxy) is 2. The molecule has 9 nitrogen and oxygen atoms in total. The van der Waals surface area contributed by atoms with E-state index in [4.69, 9.17) is 18.5 Å². The molecule has 442 valence electrons. The molecular formula is C68H112NO8P. The molecule has 0 aromatic carbocycles. The molecule has 0 aromatic heterocycles. The molecule has 2 atom stereocenters. The number of hydrogen-bond acceptors (Lipinski definition) is 8. The fraction of sp³-hybridized carbons (Fsp3) is 0.618. The van der Waals surface area contributed by atoms with Gasteiger partial charge in [0.15, 0.2) is 6.10 Å². The van der Waals surface area contributed by atoms with Crippen LogP contribution in [0.4, 0.5) is 0 Å². The van der Waals surface area contributed by atoms with Crippen molar-refractivity contribution in [3.05, 3.63) is 146 Å². The number of quaternary nitrogens is 1. The molecule has 0 fully saturated rings. The van der Waals surface area contributed by atoms with Crippen molar-refractivity contribution in [3.63, 3.8) is 0 Å². The Hall–Kier alpha value is -4.11. The molecule has 0 amide bonds. The minimum atomic E-state index is -4.67. The van der Waals surface area contributed by atoms with Gasteiger partial charge in [-0.25, -0.2) is 0 Å². The Morgan fingerprint density at radius 2 is 0.744 bits per heavy atom. The molecule has 0 aliphatic carbocycles. The number of carbonyl (C=O) groups excluding carboxylic acids is 2. The number of likely N-dealkylation sites (N-methyl/N-ethyl adjacent to an activating group) is 1. The Bertz CT molecular complexity index is 1820. The molecule has 0 bridgehead atoms. The van der Waals surface area contributed by atoms with Gasteiger partial charge in [0, 0.05) is 12.8 Å². The average molecular weight is 1100 g/mol. The lowest BCUT2D eigenvalue weighted by Gasteiger charge is -2.28. The SMILES string of the molecule is CC/C=C\C/C=C\C/C=C\C/C=C\C/C=C\C/C=C\C/C=C\C/C=C\C/C=C\CCCC(=O)OC(COC(=O)CCCCCCCCCCCC/C=C\C/C=C\C/C=C\CCCCCCC)COP(=O)([O-])OCC[N+](C)(C)C. The molecule has 0 N–H and O–H groups in total. The number of allylic oxidation sites excluding steroid dienone is 24. The first-order chi connectivity index (χ1) is 38.0. The van der Waals surface area contributed by atoms with Crippen molar-refractivity contribution in [1.82, 2.24) is 0 Å². The van der Waals surface area contributed by atoms with Crippen molar-refractivity contribution in [2.45, 2.75) is 225 Å². The van der Waals surface area contributed by atoms with Crippen LogP contribution in [0.3, 0.4) is 0 Å². The molecule has 0 saturated carbocycles. The van der Waals surface area contributed by atoms with E-state index in [1.807, 2.05) is 27.2 Å². The minimum absolute atomic E-state index is 0.0510. The summed E-state index contributed by atoms with van der Waals surface area (Å²) in [6.07, 6.45) is 84.7. The van der Waals surface area contributed by atoms with E-state index in [0.29, 0.717) is 30.3 Å². The third kappa shape index (κ3) is 61.1. The fourth-order valence-corrected chi connectivity index (χ4v) is 8.39. The first kappa shape index (κ1) is 73.9. The van der Waals surface area contributed by atoms with Crippen molar-refractivity contribution in [2.24, 2.45) is 0 Å². The predicted molar refractivity (Wildman–Crippen MR) is 332 cm³/mol. The molecule has 0 aromatic rings. The molecule has 0 aliphatic rings. The summed E-state index contributed by atoms with van der Waals surface area (Å²) in [7, 11) is 1.10. The number of carbonyl (C=O) groups is 2. The van der Waals surface area contributed by atoms with Gasteiger partial charge in [-0.15, -0.1) is 0 Å². The highest BCUT2D eigenvalue weighted by atomic mass is 31.2. The fourth-order valence-electron chi connectivity index (χ4n) is 7.66. The third-order valence-corrected chi connectivity index (χ3v) is 13.3. The Kier molecular flexibility index (Phi) is 54.5. The normalized spacial score (nSPS) is 14.3. The highest BCUT2D eigenvalue weighted by molar-refractivity contribution is 7.45. The molecule has 0 rings (SSSR count). The van der Waals surface area contributed by atoms with Crippen molar-refractivity contribution in [3.8, 4) is 0 Å². The summed E-state index contributed by atoms with van der Waals surface area (Å²) < 4.78 is 34.1. The lowest BCUT2D eigenvalue weighted by molar-refractivity contribution is -0.870. The number of nitrogens with zero attached hydrogens (tertiary/aromatic N) is 1. The Morgan fingerprint density at radius 3 is 1.13 bits per heavy atom. The van der Waals surface area contributed by atoms with E-state index in [2.05, 4.69) is 154 Å². The molecule has 0 radical (unpaired) electrons. The van der Waals surface area contributed by atoms with Gasteiger partial charge in [-0.3, -0.25) is 14.2 Å². The predicted octanol–water partition coefficient (Wildman–Crippen LogP) is 18.8. The van der Waals surface area contributed by atoms with Crippen LogP contribution < -0.4 is 4.89 Å². The maximum atomic E-state index is 12.8. The Balaban J connectivity index is 4.31. The van der Waals surface area contributed by atoms with Gasteiger partial charge < -0.3 is 27.9 Å². The number of rotatable bonds is 54. The van der Waals surface area contributed by atoms with Crippen LogP contribution >= 0.6 is 7.82 Å². The van der Waals surface area contributed by atoms with E-state index in [9.17, 15) is 19.0 Å². The second kappa shape index (κ2) is 57.6. The second-order valence-corrected chi connectivity index (χ2v) is 22.4. The van der Waals surface area contributed by atoms with Gasteiger partial charge in [-0.1, -0.05) is 237 Å². The number of unbranched alkanes of at least 4 members (excludes halogenated alkanes) is 16. The number of phosphoric acid groups is 1. The quantitative estimate of drug-likeness (QED) is 0.0195. The zero-order chi connectivity index (χ0) is 57.0. The number of phosphoric ester groups is 1. The summed E-state index contributed by atoms with van der Waals surface area (Å²) >= 11 is 0. The van der Waals surface area contributed by atoms with Gasteiger partial charge in [0.2, 0.25) is 0 Å². The smallest absolute Gasteiger partial charge is 0.306 e. The van der Waals surface area contributed by atoms with Crippen LogP contribution in [0, 0.1) is 0 Å². The van der Waals surface area contributed by atoms with Crippen LogP contribution in [0.25, 0.3) is 0 Å². The van der Waals surface area contributed by atoms with Gasteiger partial charge in [-0.05, 0) is 116 Å². The zero-order valence-electron chi connectivity index (χ0n) is 50.1. The standard InChI is InChI=1S/C68H112NO8P/c1-6-8-10-12-14-16-18-20-22-24-26-28-30-32-33-34-35-37-39-41-43-45-47-49-51-53-55-57-59-61-68(71)77-66(65-76-78(72,73)75-63-62-69(3,4)5)64-74-67(70)60-58-56-54-52-50-48-46-44-42-40-38-36-31-29-27-25-23-21-19-17-15-13-11-9-7-2/h8,10,14,16,19-22,25-28,31-33,35-37,41,43,47,49,53,55,66H,6-7,9,11-13,15,17-18,23-24,29-30,34,38-40,42,44-46,48,50-52,54,56-65H2,1-5H3/b10-8-,16-14-,21-19-,22-20-,27-25-,28-26-,33-32-,36-31-,37-35-,43-41-,49-47-,55-53-. The van der Waals surface area contributed by atoms with E-state index < -0.39 is 32.5 Å². The summed E-state index contributed by atoms with van der Waals surface area (Å²) in [4.78, 5) is 37.9. The van der Waals surface area contributed by atoms with Crippen molar-refractivity contribution < 1.29 is 42.1 Å². The van der Waals surface area contributed by atoms with Crippen LogP contribution in [0.5, 0.6) is 0 Å². The average Bonchev–Trinajstić information content (AvgIpc) is 3.41. The lowest BCUT2D eigenvalue weighted by atomic mass is 10.1.